The monoisotopic (exact) mass is 338 g/mol. The summed E-state index contributed by atoms with van der Waals surface area (Å²) in [6.07, 6.45) is 0. The third-order valence-corrected chi connectivity index (χ3v) is 4.19. The lowest BCUT2D eigenvalue weighted by Gasteiger charge is -2.27. The first-order chi connectivity index (χ1) is 9.09. The van der Waals surface area contributed by atoms with E-state index in [1.165, 1.54) is 5.56 Å². The van der Waals surface area contributed by atoms with Gasteiger partial charge in [0.1, 0.15) is 5.75 Å². The van der Waals surface area contributed by atoms with E-state index in [0.717, 1.165) is 5.56 Å². The highest BCUT2D eigenvalue weighted by Crippen LogP contribution is 2.46. The fourth-order valence-corrected chi connectivity index (χ4v) is 2.60. The van der Waals surface area contributed by atoms with Crippen LogP contribution in [0.1, 0.15) is 52.7 Å². The Morgan fingerprint density at radius 1 is 0.900 bits per heavy atom. The molecule has 0 fully saturated rings. The fourth-order valence-electron chi connectivity index (χ4n) is 1.78. The van der Waals surface area contributed by atoms with Gasteiger partial charge in [0.25, 0.3) is 0 Å². The summed E-state index contributed by atoms with van der Waals surface area (Å²) in [6, 6.07) is 6.08. The highest BCUT2D eigenvalue weighted by Gasteiger charge is 2.25. The molecule has 1 rings (SSSR count). The van der Waals surface area contributed by atoms with E-state index in [9.17, 15) is 0 Å². The molecular weight excluding hydrogens is 318 g/mol. The van der Waals surface area contributed by atoms with E-state index >= 15 is 0 Å². The second-order valence-electron chi connectivity index (χ2n) is 6.66. The van der Waals surface area contributed by atoms with Crippen molar-refractivity contribution in [1.29, 1.82) is 0 Å². The second kappa shape index (κ2) is 6.81. The molecule has 0 saturated heterocycles. The van der Waals surface area contributed by atoms with Crippen LogP contribution >= 0.6 is 32.3 Å². The lowest BCUT2D eigenvalue weighted by molar-refractivity contribution is 0.410. The predicted octanol–water partition coefficient (Wildman–Crippen LogP) is 6.23. The van der Waals surface area contributed by atoms with Gasteiger partial charge in [-0.15, -0.1) is 0 Å². The van der Waals surface area contributed by atoms with Crippen molar-refractivity contribution >= 4 is 32.3 Å². The third-order valence-electron chi connectivity index (χ3n) is 2.94. The molecule has 3 nitrogen and oxygen atoms in total. The molecule has 0 bridgehead atoms. The Hall–Kier alpha value is -0.0500. The largest absolute Gasteiger partial charge is 0.433 e. The molecule has 0 aliphatic rings. The van der Waals surface area contributed by atoms with Crippen LogP contribution < -0.4 is 4.52 Å². The Bertz CT molecular complexity index is 449. The maximum absolute atomic E-state index is 5.59. The number of halogens is 2. The van der Waals surface area contributed by atoms with Crippen molar-refractivity contribution in [2.24, 2.45) is 0 Å². The maximum Gasteiger partial charge on any atom is 0.433 e. The van der Waals surface area contributed by atoms with Crippen LogP contribution in [0.3, 0.4) is 0 Å². The normalized spacial score (nSPS) is 12.8. The molecule has 0 aliphatic carbocycles. The Balaban J connectivity index is 3.24. The minimum Gasteiger partial charge on any atom is -0.425 e. The summed E-state index contributed by atoms with van der Waals surface area (Å²) in [5, 5.41) is 0. The van der Waals surface area contributed by atoms with Crippen LogP contribution in [0.2, 0.25) is 0 Å². The molecule has 0 spiro atoms. The van der Waals surface area contributed by atoms with Crippen LogP contribution in [-0.2, 0) is 19.0 Å². The molecule has 114 valence electrons. The van der Waals surface area contributed by atoms with Crippen molar-refractivity contribution in [1.82, 2.24) is 0 Å². The van der Waals surface area contributed by atoms with Gasteiger partial charge in [0, 0.05) is 5.56 Å². The zero-order valence-corrected chi connectivity index (χ0v) is 15.1. The van der Waals surface area contributed by atoms with E-state index in [-0.39, 0.29) is 10.8 Å². The summed E-state index contributed by atoms with van der Waals surface area (Å²) in [5.74, 6) is 0.665. The summed E-state index contributed by atoms with van der Waals surface area (Å²) >= 11 is 10.6. The van der Waals surface area contributed by atoms with Gasteiger partial charge >= 0.3 is 8.60 Å². The third kappa shape index (κ3) is 4.75. The van der Waals surface area contributed by atoms with Crippen molar-refractivity contribution in [3.05, 3.63) is 29.3 Å². The van der Waals surface area contributed by atoms with Gasteiger partial charge in [0.2, 0.25) is 0 Å². The summed E-state index contributed by atoms with van der Waals surface area (Å²) in [6.45, 7) is 12.9. The van der Waals surface area contributed by atoms with Crippen LogP contribution in [0.15, 0.2) is 18.2 Å². The molecule has 0 radical (unpaired) electrons. The van der Waals surface area contributed by atoms with Gasteiger partial charge in [-0.05, 0) is 22.5 Å². The molecule has 0 unspecified atom stereocenters. The number of benzene rings is 1. The predicted molar refractivity (Wildman–Crippen MR) is 85.3 cm³/mol. The minimum atomic E-state index is -1.80. The molecule has 0 aliphatic heterocycles. The number of hydrogen-bond acceptors (Lipinski definition) is 3. The Morgan fingerprint density at radius 2 is 1.45 bits per heavy atom. The quantitative estimate of drug-likeness (QED) is 0.609. The first-order valence-corrected chi connectivity index (χ1v) is 8.01. The van der Waals surface area contributed by atoms with Crippen LogP contribution in [0.5, 0.6) is 5.75 Å². The molecule has 20 heavy (non-hydrogen) atoms. The van der Waals surface area contributed by atoms with E-state index in [2.05, 4.69) is 55.8 Å². The van der Waals surface area contributed by atoms with E-state index < -0.39 is 8.60 Å². The average molecular weight is 339 g/mol. The number of rotatable bonds is 4. The molecule has 0 aromatic heterocycles. The van der Waals surface area contributed by atoms with Gasteiger partial charge < -0.3 is 4.52 Å². The van der Waals surface area contributed by atoms with Gasteiger partial charge in [-0.3, -0.25) is 0 Å². The molecule has 0 heterocycles. The van der Waals surface area contributed by atoms with Crippen molar-refractivity contribution in [2.75, 3.05) is 0 Å². The zero-order valence-electron chi connectivity index (χ0n) is 12.7. The van der Waals surface area contributed by atoms with Gasteiger partial charge in [0.05, 0.1) is 23.7 Å². The topological polar surface area (TPSA) is 27.7 Å². The molecule has 0 amide bonds. The lowest BCUT2D eigenvalue weighted by atomic mass is 9.80. The van der Waals surface area contributed by atoms with E-state index in [0.29, 0.717) is 5.75 Å². The summed E-state index contributed by atoms with van der Waals surface area (Å²) in [4.78, 5) is 0. The van der Waals surface area contributed by atoms with Gasteiger partial charge in [-0.1, -0.05) is 53.7 Å². The molecule has 0 saturated carbocycles. The first-order valence-electron chi connectivity index (χ1n) is 6.30. The van der Waals surface area contributed by atoms with Crippen LogP contribution in [0, 0.1) is 0 Å². The highest BCUT2D eigenvalue weighted by atomic mass is 35.5. The van der Waals surface area contributed by atoms with Gasteiger partial charge in [0.15, 0.2) is 0 Å². The van der Waals surface area contributed by atoms with Gasteiger partial charge in [-0.25, -0.2) is 0 Å². The lowest BCUT2D eigenvalue weighted by Crippen LogP contribution is -2.17. The van der Waals surface area contributed by atoms with E-state index in [4.69, 9.17) is 28.3 Å². The SMILES string of the molecule is CC(C)(C)c1ccc(OP(OCl)OCl)c(C(C)(C)C)c1. The summed E-state index contributed by atoms with van der Waals surface area (Å²) < 4.78 is 14.7. The second-order valence-corrected chi connectivity index (χ2v) is 8.40. The summed E-state index contributed by atoms with van der Waals surface area (Å²) in [5.41, 5.74) is 2.27. The molecule has 0 atom stereocenters. The average Bonchev–Trinajstić information content (AvgIpc) is 2.33. The minimum absolute atomic E-state index is 0.0647. The van der Waals surface area contributed by atoms with E-state index in [1.807, 2.05) is 12.1 Å². The molecule has 1 aromatic carbocycles. The number of hydrogen-bond donors (Lipinski definition) is 0. The van der Waals surface area contributed by atoms with Crippen molar-refractivity contribution in [2.45, 2.75) is 52.4 Å². The van der Waals surface area contributed by atoms with Crippen LogP contribution in [-0.4, -0.2) is 0 Å². The summed E-state index contributed by atoms with van der Waals surface area (Å²) in [7, 11) is -1.80. The Morgan fingerprint density at radius 3 is 1.85 bits per heavy atom. The van der Waals surface area contributed by atoms with Crippen LogP contribution in [0.4, 0.5) is 0 Å². The molecule has 6 heteroatoms. The highest BCUT2D eigenvalue weighted by molar-refractivity contribution is 7.44. The Labute approximate surface area is 132 Å². The Kier molecular flexibility index (Phi) is 6.13. The van der Waals surface area contributed by atoms with Crippen molar-refractivity contribution < 1.29 is 12.7 Å². The standard InChI is InChI=1S/C14H21Cl2O3P/c1-13(2,3)10-7-8-12(17-20(18-15)19-16)11(9-10)14(4,5)6/h7-9H,1-6H3. The molecular formula is C14H21Cl2O3P. The smallest absolute Gasteiger partial charge is 0.425 e. The molecule has 1 aromatic rings. The molecule has 0 N–H and O–H groups in total. The van der Waals surface area contributed by atoms with Crippen molar-refractivity contribution in [3.63, 3.8) is 0 Å². The van der Waals surface area contributed by atoms with Gasteiger partial charge in [-0.2, -0.15) is 8.15 Å². The van der Waals surface area contributed by atoms with Crippen molar-refractivity contribution in [3.8, 4) is 5.75 Å². The van der Waals surface area contributed by atoms with E-state index in [1.54, 1.807) is 0 Å². The van der Waals surface area contributed by atoms with Crippen LogP contribution in [0.25, 0.3) is 0 Å². The fraction of sp³-hybridized carbons (Fsp3) is 0.571. The first kappa shape index (κ1) is 18.0. The maximum atomic E-state index is 5.59. The zero-order chi connectivity index (χ0) is 15.6.